The fraction of sp³-hybridized carbons (Fsp3) is 0.500. The lowest BCUT2D eigenvalue weighted by atomic mass is 10.1. The molecule has 92 valence electrons. The predicted molar refractivity (Wildman–Crippen MR) is 67.1 cm³/mol. The Labute approximate surface area is 101 Å². The second-order valence-electron chi connectivity index (χ2n) is 4.62. The molecule has 0 saturated carbocycles. The van der Waals surface area contributed by atoms with Crippen LogP contribution in [0.15, 0.2) is 18.2 Å². The highest BCUT2D eigenvalue weighted by atomic mass is 19.1. The van der Waals surface area contributed by atoms with Crippen molar-refractivity contribution in [3.05, 3.63) is 29.6 Å². The minimum Gasteiger partial charge on any atom is -0.368 e. The van der Waals surface area contributed by atoms with Crippen molar-refractivity contribution in [1.29, 1.82) is 0 Å². The average Bonchev–Trinajstić information content (AvgIpc) is 2.76. The quantitative estimate of drug-likeness (QED) is 0.748. The number of anilines is 1. The van der Waals surface area contributed by atoms with Gasteiger partial charge in [-0.2, -0.15) is 0 Å². The number of halogens is 1. The van der Waals surface area contributed by atoms with Gasteiger partial charge in [0.2, 0.25) is 0 Å². The molecule has 1 unspecified atom stereocenters. The number of ketones is 1. The molecule has 0 amide bonds. The van der Waals surface area contributed by atoms with Crippen LogP contribution in [0.4, 0.5) is 10.1 Å². The van der Waals surface area contributed by atoms with Gasteiger partial charge in [0, 0.05) is 23.8 Å². The van der Waals surface area contributed by atoms with Gasteiger partial charge in [-0.25, -0.2) is 4.39 Å². The first-order valence-corrected chi connectivity index (χ1v) is 6.20. The van der Waals surface area contributed by atoms with Crippen LogP contribution >= 0.6 is 0 Å². The molecule has 0 aromatic heterocycles. The first kappa shape index (κ1) is 12.1. The molecule has 1 aliphatic rings. The molecular weight excluding hydrogens is 217 g/mol. The summed E-state index contributed by atoms with van der Waals surface area (Å²) in [5.41, 5.74) is 1.40. The van der Waals surface area contributed by atoms with E-state index in [2.05, 4.69) is 11.8 Å². The van der Waals surface area contributed by atoms with Crippen molar-refractivity contribution in [3.8, 4) is 0 Å². The Bertz CT molecular complexity index is 430. The Kier molecular flexibility index (Phi) is 3.46. The molecule has 1 aliphatic heterocycles. The van der Waals surface area contributed by atoms with Gasteiger partial charge >= 0.3 is 0 Å². The van der Waals surface area contributed by atoms with Crippen molar-refractivity contribution < 1.29 is 9.18 Å². The molecular formula is C14H18FNO. The summed E-state index contributed by atoms with van der Waals surface area (Å²) < 4.78 is 13.2. The molecule has 0 spiro atoms. The SMILES string of the molecule is CCC1CCCN1c1ccc(F)cc1C(C)=O. The summed E-state index contributed by atoms with van der Waals surface area (Å²) in [7, 11) is 0. The molecule has 1 fully saturated rings. The van der Waals surface area contributed by atoms with Crippen LogP contribution in [0, 0.1) is 5.82 Å². The summed E-state index contributed by atoms with van der Waals surface area (Å²) in [6.07, 6.45) is 3.37. The number of rotatable bonds is 3. The molecule has 1 aromatic rings. The molecule has 1 aromatic carbocycles. The lowest BCUT2D eigenvalue weighted by Gasteiger charge is -2.27. The Morgan fingerprint density at radius 2 is 2.29 bits per heavy atom. The Hall–Kier alpha value is -1.38. The minimum absolute atomic E-state index is 0.0683. The largest absolute Gasteiger partial charge is 0.368 e. The highest BCUT2D eigenvalue weighted by Crippen LogP contribution is 2.30. The van der Waals surface area contributed by atoms with Crippen LogP contribution < -0.4 is 4.90 Å². The lowest BCUT2D eigenvalue weighted by Crippen LogP contribution is -2.29. The summed E-state index contributed by atoms with van der Waals surface area (Å²) in [6.45, 7) is 4.61. The summed E-state index contributed by atoms with van der Waals surface area (Å²) >= 11 is 0. The second kappa shape index (κ2) is 4.86. The number of benzene rings is 1. The van der Waals surface area contributed by atoms with Crippen molar-refractivity contribution >= 4 is 11.5 Å². The van der Waals surface area contributed by atoms with E-state index < -0.39 is 0 Å². The lowest BCUT2D eigenvalue weighted by molar-refractivity contribution is 0.101. The van der Waals surface area contributed by atoms with E-state index in [1.54, 1.807) is 6.07 Å². The van der Waals surface area contributed by atoms with Crippen molar-refractivity contribution in [1.82, 2.24) is 0 Å². The zero-order chi connectivity index (χ0) is 12.4. The molecule has 0 radical (unpaired) electrons. The van der Waals surface area contributed by atoms with Crippen molar-refractivity contribution in [2.24, 2.45) is 0 Å². The van der Waals surface area contributed by atoms with Crippen molar-refractivity contribution in [3.63, 3.8) is 0 Å². The van der Waals surface area contributed by atoms with Gasteiger partial charge in [0.15, 0.2) is 5.78 Å². The maximum atomic E-state index is 13.2. The fourth-order valence-corrected chi connectivity index (χ4v) is 2.62. The van der Waals surface area contributed by atoms with Gasteiger partial charge in [-0.15, -0.1) is 0 Å². The molecule has 2 nitrogen and oxygen atoms in total. The summed E-state index contributed by atoms with van der Waals surface area (Å²) in [4.78, 5) is 13.8. The molecule has 17 heavy (non-hydrogen) atoms. The fourth-order valence-electron chi connectivity index (χ4n) is 2.62. The molecule has 1 heterocycles. The van der Waals surface area contributed by atoms with Gasteiger partial charge in [-0.3, -0.25) is 4.79 Å². The van der Waals surface area contributed by atoms with Crippen LogP contribution in [0.3, 0.4) is 0 Å². The standard InChI is InChI=1S/C14H18FNO/c1-3-12-5-4-8-16(12)14-7-6-11(15)9-13(14)10(2)17/h6-7,9,12H,3-5,8H2,1-2H3. The van der Waals surface area contributed by atoms with E-state index in [4.69, 9.17) is 0 Å². The third kappa shape index (κ3) is 2.33. The maximum absolute atomic E-state index is 13.2. The van der Waals surface area contributed by atoms with E-state index >= 15 is 0 Å². The van der Waals surface area contributed by atoms with Gasteiger partial charge in [-0.05, 0) is 44.4 Å². The van der Waals surface area contributed by atoms with Crippen molar-refractivity contribution in [2.45, 2.75) is 39.2 Å². The van der Waals surface area contributed by atoms with Crippen LogP contribution in [-0.4, -0.2) is 18.4 Å². The number of carbonyl (C=O) groups excluding carboxylic acids is 1. The van der Waals surface area contributed by atoms with Crippen LogP contribution in [0.1, 0.15) is 43.5 Å². The zero-order valence-electron chi connectivity index (χ0n) is 10.4. The molecule has 0 aliphatic carbocycles. The number of carbonyl (C=O) groups is 1. The van der Waals surface area contributed by atoms with Gasteiger partial charge in [0.1, 0.15) is 5.82 Å². The van der Waals surface area contributed by atoms with E-state index in [0.717, 1.165) is 31.5 Å². The molecule has 3 heteroatoms. The van der Waals surface area contributed by atoms with Gasteiger partial charge < -0.3 is 4.90 Å². The number of Topliss-reactive ketones (excluding diaryl/α,β-unsaturated/α-hetero) is 1. The van der Waals surface area contributed by atoms with E-state index in [1.807, 2.05) is 0 Å². The van der Waals surface area contributed by atoms with E-state index in [0.29, 0.717) is 11.6 Å². The van der Waals surface area contributed by atoms with Gasteiger partial charge in [0.05, 0.1) is 0 Å². The predicted octanol–water partition coefficient (Wildman–Crippen LogP) is 3.41. The molecule has 0 bridgehead atoms. The Morgan fingerprint density at radius 1 is 1.53 bits per heavy atom. The zero-order valence-corrected chi connectivity index (χ0v) is 10.4. The minimum atomic E-state index is -0.341. The molecule has 0 N–H and O–H groups in total. The van der Waals surface area contributed by atoms with Gasteiger partial charge in [0.25, 0.3) is 0 Å². The van der Waals surface area contributed by atoms with E-state index in [-0.39, 0.29) is 11.6 Å². The first-order chi connectivity index (χ1) is 8.13. The Balaban J connectivity index is 2.40. The smallest absolute Gasteiger partial charge is 0.161 e. The second-order valence-corrected chi connectivity index (χ2v) is 4.62. The number of hydrogen-bond donors (Lipinski definition) is 0. The summed E-state index contributed by atoms with van der Waals surface area (Å²) in [5, 5.41) is 0. The van der Waals surface area contributed by atoms with E-state index in [9.17, 15) is 9.18 Å². The molecule has 2 rings (SSSR count). The number of hydrogen-bond acceptors (Lipinski definition) is 2. The normalized spacial score (nSPS) is 19.7. The number of nitrogens with zero attached hydrogens (tertiary/aromatic N) is 1. The van der Waals surface area contributed by atoms with E-state index in [1.165, 1.54) is 19.1 Å². The van der Waals surface area contributed by atoms with Crippen LogP contribution in [-0.2, 0) is 0 Å². The summed E-state index contributed by atoms with van der Waals surface area (Å²) in [6, 6.07) is 5.01. The molecule has 1 atom stereocenters. The summed E-state index contributed by atoms with van der Waals surface area (Å²) in [5.74, 6) is -0.410. The highest BCUT2D eigenvalue weighted by Gasteiger charge is 2.25. The monoisotopic (exact) mass is 235 g/mol. The maximum Gasteiger partial charge on any atom is 0.161 e. The van der Waals surface area contributed by atoms with Crippen LogP contribution in [0.5, 0.6) is 0 Å². The first-order valence-electron chi connectivity index (χ1n) is 6.20. The third-order valence-corrected chi connectivity index (χ3v) is 3.50. The molecule has 1 saturated heterocycles. The third-order valence-electron chi connectivity index (χ3n) is 3.50. The average molecular weight is 235 g/mol. The van der Waals surface area contributed by atoms with Crippen LogP contribution in [0.25, 0.3) is 0 Å². The van der Waals surface area contributed by atoms with Crippen LogP contribution in [0.2, 0.25) is 0 Å². The highest BCUT2D eigenvalue weighted by molar-refractivity contribution is 5.99. The Morgan fingerprint density at radius 3 is 2.94 bits per heavy atom. The van der Waals surface area contributed by atoms with Gasteiger partial charge in [-0.1, -0.05) is 6.92 Å². The van der Waals surface area contributed by atoms with Crippen molar-refractivity contribution in [2.75, 3.05) is 11.4 Å². The topological polar surface area (TPSA) is 20.3 Å².